The van der Waals surface area contributed by atoms with Crippen LogP contribution in [0.2, 0.25) is 0 Å². The third-order valence-electron chi connectivity index (χ3n) is 7.16. The van der Waals surface area contributed by atoms with Crippen LogP contribution in [0.15, 0.2) is 12.2 Å². The lowest BCUT2D eigenvalue weighted by molar-refractivity contribution is 0.0867. The van der Waals surface area contributed by atoms with E-state index in [-0.39, 0.29) is 0 Å². The van der Waals surface area contributed by atoms with Crippen molar-refractivity contribution in [3.05, 3.63) is 12.2 Å². The molecular weight excluding hydrogens is 228 g/mol. The van der Waals surface area contributed by atoms with Gasteiger partial charge < -0.3 is 0 Å². The molecule has 0 nitrogen and oxygen atoms in total. The van der Waals surface area contributed by atoms with E-state index < -0.39 is 0 Å². The van der Waals surface area contributed by atoms with Gasteiger partial charge >= 0.3 is 0 Å². The fourth-order valence-electron chi connectivity index (χ4n) is 6.37. The van der Waals surface area contributed by atoms with Gasteiger partial charge in [-0.3, -0.25) is 0 Å². The highest BCUT2D eigenvalue weighted by molar-refractivity contribution is 5.09. The number of fused-ring (bicyclic) bond motifs is 3. The molecule has 0 aromatic rings. The van der Waals surface area contributed by atoms with Crippen LogP contribution in [-0.2, 0) is 0 Å². The largest absolute Gasteiger partial charge is 0.0999 e. The van der Waals surface area contributed by atoms with Crippen LogP contribution < -0.4 is 0 Å². The zero-order chi connectivity index (χ0) is 13.6. The van der Waals surface area contributed by atoms with Crippen LogP contribution in [0.5, 0.6) is 0 Å². The van der Waals surface area contributed by atoms with Gasteiger partial charge in [-0.2, -0.15) is 0 Å². The molecule has 6 atom stereocenters. The van der Waals surface area contributed by atoms with Crippen LogP contribution in [-0.4, -0.2) is 0 Å². The molecule has 0 heterocycles. The summed E-state index contributed by atoms with van der Waals surface area (Å²) in [5.74, 6) is 4.92. The van der Waals surface area contributed by atoms with E-state index in [0.29, 0.717) is 5.41 Å². The van der Waals surface area contributed by atoms with Crippen LogP contribution in [0.3, 0.4) is 0 Å². The Balaban J connectivity index is 1.86. The zero-order valence-corrected chi connectivity index (χ0v) is 13.3. The highest BCUT2D eigenvalue weighted by Crippen LogP contribution is 2.63. The maximum atomic E-state index is 4.30. The van der Waals surface area contributed by atoms with Gasteiger partial charge in [-0.05, 0) is 74.0 Å². The van der Waals surface area contributed by atoms with Crippen LogP contribution >= 0.6 is 0 Å². The van der Waals surface area contributed by atoms with Crippen LogP contribution in [0, 0.1) is 35.0 Å². The Labute approximate surface area is 120 Å². The molecule has 0 aromatic carbocycles. The van der Waals surface area contributed by atoms with Gasteiger partial charge in [-0.25, -0.2) is 0 Å². The second kappa shape index (κ2) is 4.93. The first-order chi connectivity index (χ1) is 9.07. The Hall–Kier alpha value is -0.260. The zero-order valence-electron chi connectivity index (χ0n) is 13.3. The van der Waals surface area contributed by atoms with Gasteiger partial charge in [0.25, 0.3) is 0 Å². The van der Waals surface area contributed by atoms with E-state index in [9.17, 15) is 0 Å². The van der Waals surface area contributed by atoms with Crippen molar-refractivity contribution in [2.75, 3.05) is 0 Å². The standard InChI is InChI=1S/C19H32/c1-5-14-15(13(2)3)9-10-16-17(14)12-19(4)11-7-6-8-18(16)19/h14-18H,2,5-12H2,1,3-4H3. The molecule has 0 radical (unpaired) electrons. The summed E-state index contributed by atoms with van der Waals surface area (Å²) in [7, 11) is 0. The molecule has 0 spiro atoms. The van der Waals surface area contributed by atoms with Crippen molar-refractivity contribution in [2.24, 2.45) is 35.0 Å². The molecule has 3 aliphatic carbocycles. The molecule has 0 heteroatoms. The fraction of sp³-hybridized carbons (Fsp3) is 0.895. The van der Waals surface area contributed by atoms with Gasteiger partial charge in [0.1, 0.15) is 0 Å². The van der Waals surface area contributed by atoms with Crippen molar-refractivity contribution in [3.63, 3.8) is 0 Å². The Bertz CT molecular complexity index is 355. The first-order valence-corrected chi connectivity index (χ1v) is 8.72. The molecule has 0 amide bonds. The van der Waals surface area contributed by atoms with Gasteiger partial charge in [0, 0.05) is 0 Å². The van der Waals surface area contributed by atoms with Gasteiger partial charge in [0.15, 0.2) is 0 Å². The van der Waals surface area contributed by atoms with Gasteiger partial charge in [-0.1, -0.05) is 45.3 Å². The first kappa shape index (κ1) is 13.7. The van der Waals surface area contributed by atoms with Crippen LogP contribution in [0.1, 0.15) is 72.1 Å². The van der Waals surface area contributed by atoms with Crippen molar-refractivity contribution >= 4 is 0 Å². The Morgan fingerprint density at radius 2 is 1.95 bits per heavy atom. The highest BCUT2D eigenvalue weighted by atomic mass is 14.6. The highest BCUT2D eigenvalue weighted by Gasteiger charge is 2.55. The summed E-state index contributed by atoms with van der Waals surface area (Å²) in [5.41, 5.74) is 2.16. The summed E-state index contributed by atoms with van der Waals surface area (Å²) in [5, 5.41) is 0. The van der Waals surface area contributed by atoms with Crippen molar-refractivity contribution in [1.29, 1.82) is 0 Å². The lowest BCUT2D eigenvalue weighted by Gasteiger charge is -2.43. The summed E-state index contributed by atoms with van der Waals surface area (Å²) < 4.78 is 0. The predicted molar refractivity (Wildman–Crippen MR) is 83.0 cm³/mol. The molecule has 0 bridgehead atoms. The van der Waals surface area contributed by atoms with E-state index in [2.05, 4.69) is 27.4 Å². The third-order valence-corrected chi connectivity index (χ3v) is 7.16. The lowest BCUT2D eigenvalue weighted by atomic mass is 9.62. The molecule has 0 aliphatic heterocycles. The molecule has 0 N–H and O–H groups in total. The van der Waals surface area contributed by atoms with E-state index >= 15 is 0 Å². The van der Waals surface area contributed by atoms with Gasteiger partial charge in [-0.15, -0.1) is 0 Å². The van der Waals surface area contributed by atoms with E-state index in [0.717, 1.165) is 29.6 Å². The minimum atomic E-state index is 0.699. The summed E-state index contributed by atoms with van der Waals surface area (Å²) in [6.07, 6.45) is 11.9. The average Bonchev–Trinajstić information content (AvgIpc) is 2.69. The SMILES string of the molecule is C=C(C)C1CCC2C(CC3(C)CCCCC23)C1CC. The number of rotatable bonds is 2. The van der Waals surface area contributed by atoms with E-state index in [1.165, 1.54) is 56.9 Å². The monoisotopic (exact) mass is 260 g/mol. The number of hydrogen-bond donors (Lipinski definition) is 0. The second-order valence-electron chi connectivity index (χ2n) is 8.14. The van der Waals surface area contributed by atoms with E-state index in [4.69, 9.17) is 0 Å². The first-order valence-electron chi connectivity index (χ1n) is 8.72. The maximum absolute atomic E-state index is 4.30. The molecule has 0 aromatic heterocycles. The molecule has 3 fully saturated rings. The number of hydrogen-bond acceptors (Lipinski definition) is 0. The third kappa shape index (κ3) is 2.10. The van der Waals surface area contributed by atoms with Gasteiger partial charge in [0.05, 0.1) is 0 Å². The maximum Gasteiger partial charge on any atom is -0.0178 e. The van der Waals surface area contributed by atoms with E-state index in [1.54, 1.807) is 0 Å². The average molecular weight is 260 g/mol. The molecule has 19 heavy (non-hydrogen) atoms. The molecule has 3 aliphatic rings. The van der Waals surface area contributed by atoms with Crippen LogP contribution in [0.25, 0.3) is 0 Å². The minimum absolute atomic E-state index is 0.699. The summed E-state index contributed by atoms with van der Waals surface area (Å²) in [6, 6.07) is 0. The quantitative estimate of drug-likeness (QED) is 0.548. The smallest absolute Gasteiger partial charge is 0.0178 e. The van der Waals surface area contributed by atoms with Crippen LogP contribution in [0.4, 0.5) is 0 Å². The minimum Gasteiger partial charge on any atom is -0.0999 e. The normalized spacial score (nSPS) is 49.5. The molecule has 3 saturated carbocycles. The summed E-state index contributed by atoms with van der Waals surface area (Å²) >= 11 is 0. The van der Waals surface area contributed by atoms with E-state index in [1.807, 2.05) is 0 Å². The topological polar surface area (TPSA) is 0 Å². The van der Waals surface area contributed by atoms with Gasteiger partial charge in [0.2, 0.25) is 0 Å². The second-order valence-corrected chi connectivity index (χ2v) is 8.14. The van der Waals surface area contributed by atoms with Crippen molar-refractivity contribution < 1.29 is 0 Å². The molecule has 3 rings (SSSR count). The summed E-state index contributed by atoms with van der Waals surface area (Å²) in [4.78, 5) is 0. The molecule has 6 unspecified atom stereocenters. The lowest BCUT2D eigenvalue weighted by Crippen LogP contribution is -2.34. The Morgan fingerprint density at radius 1 is 1.16 bits per heavy atom. The van der Waals surface area contributed by atoms with Crippen molar-refractivity contribution in [1.82, 2.24) is 0 Å². The summed E-state index contributed by atoms with van der Waals surface area (Å²) in [6.45, 7) is 11.6. The molecule has 108 valence electrons. The molecule has 0 saturated heterocycles. The predicted octanol–water partition coefficient (Wildman–Crippen LogP) is 5.83. The number of allylic oxidation sites excluding steroid dienone is 1. The van der Waals surface area contributed by atoms with Crippen molar-refractivity contribution in [3.8, 4) is 0 Å². The van der Waals surface area contributed by atoms with Crippen molar-refractivity contribution in [2.45, 2.75) is 72.1 Å². The fourth-order valence-corrected chi connectivity index (χ4v) is 6.37. The Kier molecular flexibility index (Phi) is 3.56. The molecular formula is C19H32. The Morgan fingerprint density at radius 3 is 2.63 bits per heavy atom.